The van der Waals surface area contributed by atoms with E-state index in [1.807, 2.05) is 0 Å². The minimum absolute atomic E-state index is 0.142. The first-order valence-corrected chi connectivity index (χ1v) is 9.65. The second-order valence-corrected chi connectivity index (χ2v) is 7.34. The van der Waals surface area contributed by atoms with Crippen molar-refractivity contribution in [3.63, 3.8) is 0 Å². The van der Waals surface area contributed by atoms with E-state index in [4.69, 9.17) is 0 Å². The molecule has 1 saturated carbocycles. The SMILES string of the molecule is CC(NC(=O)c1ccc(OCC(F)(F)F)nc1)c1ccnc(CC(=O)C2CCC2)c1. The standard InChI is InChI=1S/C21H22F3N3O3/c1-13(15-7-8-25-17(9-15)10-18(28)14-3-2-4-14)27-20(29)16-5-6-19(26-11-16)30-12-21(22,23)24/h5-9,11,13-14H,2-4,10,12H2,1H3,(H,27,29). The lowest BCUT2D eigenvalue weighted by Gasteiger charge is -2.23. The Morgan fingerprint density at radius 1 is 1.23 bits per heavy atom. The van der Waals surface area contributed by atoms with Gasteiger partial charge in [-0.1, -0.05) is 6.42 Å². The normalized spacial score (nSPS) is 15.2. The van der Waals surface area contributed by atoms with Crippen molar-refractivity contribution in [2.75, 3.05) is 6.61 Å². The lowest BCUT2D eigenvalue weighted by Crippen LogP contribution is -2.27. The largest absolute Gasteiger partial charge is 0.468 e. The lowest BCUT2D eigenvalue weighted by molar-refractivity contribution is -0.154. The number of hydrogen-bond donors (Lipinski definition) is 1. The molecule has 1 fully saturated rings. The number of rotatable bonds is 8. The van der Waals surface area contributed by atoms with E-state index in [2.05, 4.69) is 20.0 Å². The van der Waals surface area contributed by atoms with Gasteiger partial charge in [0, 0.05) is 36.5 Å². The molecule has 6 nitrogen and oxygen atoms in total. The van der Waals surface area contributed by atoms with E-state index < -0.39 is 18.7 Å². The number of pyridine rings is 2. The van der Waals surface area contributed by atoms with Crippen LogP contribution in [0.2, 0.25) is 0 Å². The fourth-order valence-corrected chi connectivity index (χ4v) is 3.03. The number of ketones is 1. The fraction of sp³-hybridized carbons (Fsp3) is 0.429. The second-order valence-electron chi connectivity index (χ2n) is 7.34. The zero-order chi connectivity index (χ0) is 21.7. The van der Waals surface area contributed by atoms with Crippen LogP contribution in [0.1, 0.15) is 53.8 Å². The minimum Gasteiger partial charge on any atom is -0.468 e. The van der Waals surface area contributed by atoms with Crippen molar-refractivity contribution in [1.82, 2.24) is 15.3 Å². The van der Waals surface area contributed by atoms with Gasteiger partial charge in [0.2, 0.25) is 5.88 Å². The molecule has 1 N–H and O–H groups in total. The van der Waals surface area contributed by atoms with Crippen LogP contribution in [-0.2, 0) is 11.2 Å². The molecule has 1 amide bonds. The molecule has 1 unspecified atom stereocenters. The predicted octanol–water partition coefficient (Wildman–Crippen LogP) is 3.82. The Bertz CT molecular complexity index is 896. The summed E-state index contributed by atoms with van der Waals surface area (Å²) in [7, 11) is 0. The van der Waals surface area contributed by atoms with Gasteiger partial charge in [0.15, 0.2) is 6.61 Å². The van der Waals surface area contributed by atoms with Crippen molar-refractivity contribution in [1.29, 1.82) is 0 Å². The molecule has 0 radical (unpaired) electrons. The first-order chi connectivity index (χ1) is 14.2. The van der Waals surface area contributed by atoms with E-state index in [0.29, 0.717) is 5.69 Å². The van der Waals surface area contributed by atoms with Crippen molar-refractivity contribution in [3.05, 3.63) is 53.5 Å². The average molecular weight is 421 g/mol. The predicted molar refractivity (Wildman–Crippen MR) is 102 cm³/mol. The van der Waals surface area contributed by atoms with Gasteiger partial charge >= 0.3 is 6.18 Å². The third kappa shape index (κ3) is 6.01. The molecule has 0 bridgehead atoms. The number of Topliss-reactive ketones (excluding diaryl/α,β-unsaturated/α-hetero) is 1. The number of carbonyl (C=O) groups excluding carboxylic acids is 2. The fourth-order valence-electron chi connectivity index (χ4n) is 3.03. The molecular formula is C21H22F3N3O3. The van der Waals surface area contributed by atoms with Crippen molar-refractivity contribution in [3.8, 4) is 5.88 Å². The van der Waals surface area contributed by atoms with E-state index in [-0.39, 0.29) is 35.6 Å². The molecule has 0 saturated heterocycles. The number of amides is 1. The maximum atomic E-state index is 12.4. The molecule has 3 rings (SSSR count). The Kier molecular flexibility index (Phi) is 6.69. The van der Waals surface area contributed by atoms with Crippen LogP contribution in [0.3, 0.4) is 0 Å². The van der Waals surface area contributed by atoms with Gasteiger partial charge in [-0.25, -0.2) is 4.98 Å². The summed E-state index contributed by atoms with van der Waals surface area (Å²) < 4.78 is 41.0. The molecule has 30 heavy (non-hydrogen) atoms. The quantitative estimate of drug-likeness (QED) is 0.701. The minimum atomic E-state index is -4.46. The molecule has 1 aliphatic rings. The molecule has 160 valence electrons. The van der Waals surface area contributed by atoms with Crippen LogP contribution >= 0.6 is 0 Å². The van der Waals surface area contributed by atoms with Crippen molar-refractivity contribution >= 4 is 11.7 Å². The van der Waals surface area contributed by atoms with E-state index in [9.17, 15) is 22.8 Å². The monoisotopic (exact) mass is 421 g/mol. The molecule has 2 aromatic rings. The van der Waals surface area contributed by atoms with Crippen molar-refractivity contribution in [2.45, 2.75) is 44.8 Å². The number of halogens is 3. The van der Waals surface area contributed by atoms with E-state index in [1.165, 1.54) is 12.1 Å². The van der Waals surface area contributed by atoms with Gasteiger partial charge in [0.1, 0.15) is 5.78 Å². The summed E-state index contributed by atoms with van der Waals surface area (Å²) in [5.74, 6) is -0.308. The topological polar surface area (TPSA) is 81.2 Å². The highest BCUT2D eigenvalue weighted by Gasteiger charge is 2.28. The number of alkyl halides is 3. The number of nitrogens with one attached hydrogen (secondary N) is 1. The van der Waals surface area contributed by atoms with Crippen LogP contribution in [-0.4, -0.2) is 34.4 Å². The van der Waals surface area contributed by atoms with Gasteiger partial charge in [-0.05, 0) is 43.5 Å². The van der Waals surface area contributed by atoms with Crippen molar-refractivity contribution in [2.24, 2.45) is 5.92 Å². The first-order valence-electron chi connectivity index (χ1n) is 9.65. The van der Waals surface area contributed by atoms with Crippen LogP contribution in [0.5, 0.6) is 5.88 Å². The maximum Gasteiger partial charge on any atom is 0.422 e. The highest BCUT2D eigenvalue weighted by Crippen LogP contribution is 2.28. The summed E-state index contributed by atoms with van der Waals surface area (Å²) in [5, 5.41) is 2.80. The average Bonchev–Trinajstić information content (AvgIpc) is 2.65. The van der Waals surface area contributed by atoms with Gasteiger partial charge in [-0.3, -0.25) is 14.6 Å². The molecule has 0 aliphatic heterocycles. The van der Waals surface area contributed by atoms with Gasteiger partial charge in [0.25, 0.3) is 5.91 Å². The molecule has 1 atom stereocenters. The Balaban J connectivity index is 1.57. The van der Waals surface area contributed by atoms with Crippen LogP contribution in [0.25, 0.3) is 0 Å². The van der Waals surface area contributed by atoms with Crippen LogP contribution in [0.4, 0.5) is 13.2 Å². The molecule has 0 aromatic carbocycles. The Hall–Kier alpha value is -2.97. The number of ether oxygens (including phenoxy) is 1. The summed E-state index contributed by atoms with van der Waals surface area (Å²) in [6, 6.07) is 5.75. The highest BCUT2D eigenvalue weighted by atomic mass is 19.4. The molecule has 1 aliphatic carbocycles. The summed E-state index contributed by atoms with van der Waals surface area (Å²) in [6.07, 6.45) is 1.57. The summed E-state index contributed by atoms with van der Waals surface area (Å²) >= 11 is 0. The number of aromatic nitrogens is 2. The van der Waals surface area contributed by atoms with Crippen LogP contribution in [0, 0.1) is 5.92 Å². The number of nitrogens with zero attached hydrogens (tertiary/aromatic N) is 2. The lowest BCUT2D eigenvalue weighted by atomic mass is 9.81. The summed E-state index contributed by atoms with van der Waals surface area (Å²) in [4.78, 5) is 32.6. The molecule has 9 heteroatoms. The third-order valence-corrected chi connectivity index (χ3v) is 4.99. The van der Waals surface area contributed by atoms with E-state index in [0.717, 1.165) is 31.0 Å². The van der Waals surface area contributed by atoms with Crippen molar-refractivity contribution < 1.29 is 27.5 Å². The van der Waals surface area contributed by atoms with Crippen LogP contribution in [0.15, 0.2) is 36.7 Å². The zero-order valence-electron chi connectivity index (χ0n) is 16.4. The van der Waals surface area contributed by atoms with E-state index >= 15 is 0 Å². The van der Waals surface area contributed by atoms with Gasteiger partial charge in [-0.15, -0.1) is 0 Å². The molecular weight excluding hydrogens is 399 g/mol. The second kappa shape index (κ2) is 9.23. The molecule has 2 aromatic heterocycles. The number of hydrogen-bond acceptors (Lipinski definition) is 5. The van der Waals surface area contributed by atoms with Crippen LogP contribution < -0.4 is 10.1 Å². The zero-order valence-corrected chi connectivity index (χ0v) is 16.4. The van der Waals surface area contributed by atoms with Gasteiger partial charge < -0.3 is 10.1 Å². The molecule has 2 heterocycles. The summed E-state index contributed by atoms with van der Waals surface area (Å²) in [5.41, 5.74) is 1.65. The van der Waals surface area contributed by atoms with Gasteiger partial charge in [0.05, 0.1) is 11.6 Å². The first kappa shape index (κ1) is 21.7. The maximum absolute atomic E-state index is 12.4. The van der Waals surface area contributed by atoms with E-state index in [1.54, 1.807) is 25.3 Å². The smallest absolute Gasteiger partial charge is 0.422 e. The Morgan fingerprint density at radius 3 is 2.60 bits per heavy atom. The Labute approximate surface area is 171 Å². The molecule has 0 spiro atoms. The van der Waals surface area contributed by atoms with Gasteiger partial charge in [-0.2, -0.15) is 13.2 Å². The number of carbonyl (C=O) groups is 2. The highest BCUT2D eigenvalue weighted by molar-refractivity contribution is 5.94. The Morgan fingerprint density at radius 2 is 2.00 bits per heavy atom. The third-order valence-electron chi connectivity index (χ3n) is 4.99. The summed E-state index contributed by atoms with van der Waals surface area (Å²) in [6.45, 7) is 0.342.